The van der Waals surface area contributed by atoms with Crippen molar-refractivity contribution in [3.8, 4) is 22.3 Å². The molecule has 4 aromatic heterocycles. The largest absolute Gasteiger partial charge is 0.309 e. The summed E-state index contributed by atoms with van der Waals surface area (Å²) in [6.07, 6.45) is 0. The zero-order valence-electron chi connectivity index (χ0n) is 49.9. The van der Waals surface area contributed by atoms with E-state index in [9.17, 15) is 0 Å². The predicted octanol–water partition coefficient (Wildman–Crippen LogP) is 23.1. The Hall–Kier alpha value is -9.38. The van der Waals surface area contributed by atoms with Gasteiger partial charge in [-0.2, -0.15) is 0 Å². The minimum Gasteiger partial charge on any atom is -0.309 e. The molecule has 0 aliphatic rings. The quantitative estimate of drug-likeness (QED) is 0.136. The first-order valence-electron chi connectivity index (χ1n) is 30.2. The lowest BCUT2D eigenvalue weighted by molar-refractivity contribution is 0.594. The highest BCUT2D eigenvalue weighted by Gasteiger charge is 2.33. The first kappa shape index (κ1) is 51.5. The van der Waals surface area contributed by atoms with Gasteiger partial charge in [-0.25, -0.2) is 0 Å². The molecular formula is C80H70N4. The number of anilines is 6. The molecule has 0 saturated carbocycles. The van der Waals surface area contributed by atoms with Gasteiger partial charge in [-0.3, -0.25) is 0 Å². The molecule has 0 aliphatic heterocycles. The highest BCUT2D eigenvalue weighted by Crippen LogP contribution is 2.55. The minimum atomic E-state index is -0.152. The molecule has 84 heavy (non-hydrogen) atoms. The summed E-state index contributed by atoms with van der Waals surface area (Å²) >= 11 is 0. The second-order valence-electron chi connectivity index (χ2n) is 26.1. The van der Waals surface area contributed by atoms with E-state index in [2.05, 4.69) is 318 Å². The Bertz CT molecular complexity index is 4690. The second kappa shape index (κ2) is 19.1. The Labute approximate surface area is 493 Å². The fraction of sp³-hybridized carbons (Fsp3) is 0.175. The van der Waals surface area contributed by atoms with Crippen LogP contribution in [0.15, 0.2) is 231 Å². The zero-order chi connectivity index (χ0) is 57.5. The maximum atomic E-state index is 2.66. The van der Waals surface area contributed by atoms with E-state index in [-0.39, 0.29) is 10.8 Å². The van der Waals surface area contributed by atoms with E-state index in [1.54, 1.807) is 0 Å². The Morgan fingerprint density at radius 3 is 1.04 bits per heavy atom. The van der Waals surface area contributed by atoms with Crippen LogP contribution in [0, 0.1) is 0 Å². The number of benzene rings is 11. The van der Waals surface area contributed by atoms with Crippen molar-refractivity contribution in [1.29, 1.82) is 0 Å². The SMILES string of the molecule is CC(C)c1ccc(-c2ccccc2)c(N(c2ccccc2)c2ccc3c4cc5c(cc4n4c6c(C(C)(C)C)cccc6c2c34)c2ccc(N(c3ccccc3)c3cc(C(C)C)ccc3-c3ccccc3)c3c4cccc(C(C)(C)C)c4n5c23)c1. The smallest absolute Gasteiger partial charge is 0.0641 e. The van der Waals surface area contributed by atoms with E-state index in [4.69, 9.17) is 0 Å². The molecular weight excluding hydrogens is 1020 g/mol. The number of nitrogens with zero attached hydrogens (tertiary/aromatic N) is 4. The zero-order valence-corrected chi connectivity index (χ0v) is 49.9. The lowest BCUT2D eigenvalue weighted by Gasteiger charge is -2.29. The van der Waals surface area contributed by atoms with Gasteiger partial charge in [-0.15, -0.1) is 0 Å². The van der Waals surface area contributed by atoms with Gasteiger partial charge in [0.1, 0.15) is 0 Å². The monoisotopic (exact) mass is 1090 g/mol. The Morgan fingerprint density at radius 2 is 0.679 bits per heavy atom. The summed E-state index contributed by atoms with van der Waals surface area (Å²) in [6.45, 7) is 23.4. The second-order valence-corrected chi connectivity index (χ2v) is 26.1. The van der Waals surface area contributed by atoms with Crippen LogP contribution in [0.2, 0.25) is 0 Å². The summed E-state index contributed by atoms with van der Waals surface area (Å²) in [4.78, 5) is 5.10. The van der Waals surface area contributed by atoms with E-state index in [1.807, 2.05) is 0 Å². The van der Waals surface area contributed by atoms with Gasteiger partial charge in [0.2, 0.25) is 0 Å². The first-order chi connectivity index (χ1) is 40.7. The maximum absolute atomic E-state index is 2.66. The topological polar surface area (TPSA) is 15.3 Å². The molecule has 0 aliphatic carbocycles. The molecule has 0 N–H and O–H groups in total. The van der Waals surface area contributed by atoms with Crippen molar-refractivity contribution in [2.45, 2.75) is 91.9 Å². The minimum absolute atomic E-state index is 0.152. The number of hydrogen-bond acceptors (Lipinski definition) is 2. The average Bonchev–Trinajstić information content (AvgIpc) is 2.93. The van der Waals surface area contributed by atoms with Crippen LogP contribution in [-0.2, 0) is 10.8 Å². The van der Waals surface area contributed by atoms with Gasteiger partial charge in [0.05, 0.1) is 55.8 Å². The van der Waals surface area contributed by atoms with Crippen molar-refractivity contribution in [3.63, 3.8) is 0 Å². The molecule has 0 unspecified atom stereocenters. The van der Waals surface area contributed by atoms with Gasteiger partial charge >= 0.3 is 0 Å². The fourth-order valence-electron chi connectivity index (χ4n) is 14.1. The predicted molar refractivity (Wildman–Crippen MR) is 362 cm³/mol. The summed E-state index contributed by atoms with van der Waals surface area (Å²) < 4.78 is 5.32. The standard InChI is InChI=1S/C80H70N4/c1-49(2)53-37-39-57(51-25-15-11-16-26-51)69(45-53)81(55-29-19-13-20-30-55)67-43-41-59-63-47-72-64(48-71(63)83-75-61(73(67)77(59)83)33-23-35-65(75)79(5,6)7)60-42-44-68(74-62-34-24-36-66(80(8,9)10)76(62)84(72)78(60)74)82(56-31-21-14-22-32-56)70-46-54(50(3)4)38-40-58(70)52-27-17-12-18-28-52/h11-50H,1-10H3. The summed E-state index contributed by atoms with van der Waals surface area (Å²) in [5.74, 6) is 0.686. The molecule has 4 nitrogen and oxygen atoms in total. The van der Waals surface area contributed by atoms with Crippen molar-refractivity contribution in [2.75, 3.05) is 9.80 Å². The third-order valence-corrected chi connectivity index (χ3v) is 18.1. The van der Waals surface area contributed by atoms with Gasteiger partial charge in [0.15, 0.2) is 0 Å². The molecule has 4 heterocycles. The van der Waals surface area contributed by atoms with Crippen LogP contribution in [0.25, 0.3) is 98.4 Å². The highest BCUT2D eigenvalue weighted by molar-refractivity contribution is 6.33. The summed E-state index contributed by atoms with van der Waals surface area (Å²) in [5.41, 5.74) is 24.2. The molecule has 15 rings (SSSR count). The van der Waals surface area contributed by atoms with Crippen molar-refractivity contribution < 1.29 is 0 Å². The van der Waals surface area contributed by atoms with Crippen LogP contribution in [-0.4, -0.2) is 8.80 Å². The molecule has 0 radical (unpaired) electrons. The van der Waals surface area contributed by atoms with Gasteiger partial charge < -0.3 is 18.6 Å². The number of rotatable bonds is 10. The molecule has 0 atom stereocenters. The maximum Gasteiger partial charge on any atom is 0.0641 e. The summed E-state index contributed by atoms with van der Waals surface area (Å²) in [5, 5.41) is 10.1. The van der Waals surface area contributed by atoms with Crippen molar-refractivity contribution in [2.24, 2.45) is 0 Å². The van der Waals surface area contributed by atoms with Crippen LogP contribution < -0.4 is 9.80 Å². The molecule has 0 bridgehead atoms. The normalized spacial score (nSPS) is 12.6. The van der Waals surface area contributed by atoms with Crippen LogP contribution >= 0.6 is 0 Å². The molecule has 11 aromatic carbocycles. The van der Waals surface area contributed by atoms with E-state index in [1.165, 1.54) is 132 Å². The molecule has 0 amide bonds. The number of aromatic nitrogens is 2. The molecule has 4 heteroatoms. The Balaban J connectivity index is 1.08. The van der Waals surface area contributed by atoms with Gasteiger partial charge in [-0.05, 0) is 117 Å². The highest BCUT2D eigenvalue weighted by atomic mass is 15.2. The summed E-state index contributed by atoms with van der Waals surface area (Å²) in [6, 6.07) is 87.1. The molecule has 15 aromatic rings. The molecule has 0 fully saturated rings. The first-order valence-corrected chi connectivity index (χ1v) is 30.2. The van der Waals surface area contributed by atoms with E-state index in [0.29, 0.717) is 11.8 Å². The van der Waals surface area contributed by atoms with Gasteiger partial charge in [0.25, 0.3) is 0 Å². The summed E-state index contributed by atoms with van der Waals surface area (Å²) in [7, 11) is 0. The number of para-hydroxylation sites is 4. The lowest BCUT2D eigenvalue weighted by atomic mass is 9.85. The van der Waals surface area contributed by atoms with Crippen molar-refractivity contribution in [1.82, 2.24) is 8.80 Å². The number of hydrogen-bond donors (Lipinski definition) is 0. The molecule has 410 valence electrons. The van der Waals surface area contributed by atoms with Crippen molar-refractivity contribution >= 4 is 110 Å². The van der Waals surface area contributed by atoms with Crippen LogP contribution in [0.4, 0.5) is 34.1 Å². The average molecular weight is 1090 g/mol. The van der Waals surface area contributed by atoms with E-state index < -0.39 is 0 Å². The Kier molecular flexibility index (Phi) is 11.7. The van der Waals surface area contributed by atoms with Crippen LogP contribution in [0.3, 0.4) is 0 Å². The molecule has 0 saturated heterocycles. The van der Waals surface area contributed by atoms with E-state index in [0.717, 1.165) is 22.7 Å². The lowest BCUT2D eigenvalue weighted by Crippen LogP contribution is -2.12. The van der Waals surface area contributed by atoms with Gasteiger partial charge in [-0.1, -0.05) is 239 Å². The van der Waals surface area contributed by atoms with Crippen LogP contribution in [0.5, 0.6) is 0 Å². The van der Waals surface area contributed by atoms with E-state index >= 15 is 0 Å². The fourth-order valence-corrected chi connectivity index (χ4v) is 14.1. The number of fused-ring (bicyclic) bond motifs is 12. The van der Waals surface area contributed by atoms with Crippen LogP contribution in [0.1, 0.15) is 103 Å². The van der Waals surface area contributed by atoms with Gasteiger partial charge in [0, 0.05) is 65.6 Å². The third kappa shape index (κ3) is 7.79. The molecule has 0 spiro atoms. The third-order valence-electron chi connectivity index (χ3n) is 18.1. The van der Waals surface area contributed by atoms with Crippen molar-refractivity contribution in [3.05, 3.63) is 253 Å². The Morgan fingerprint density at radius 1 is 0.310 bits per heavy atom.